The van der Waals surface area contributed by atoms with Crippen molar-refractivity contribution >= 4 is 6.09 Å². The van der Waals surface area contributed by atoms with Crippen molar-refractivity contribution in [3.8, 4) is 0 Å². The SMILES string of the molecule is NC(=O)OCC[C@H](N)c1ccccc1C(F)(F)F. The summed E-state index contributed by atoms with van der Waals surface area (Å²) in [7, 11) is 0. The van der Waals surface area contributed by atoms with E-state index in [9.17, 15) is 18.0 Å². The zero-order valence-electron chi connectivity index (χ0n) is 9.41. The molecule has 1 aromatic carbocycles. The Morgan fingerprint density at radius 2 is 1.94 bits per heavy atom. The Balaban J connectivity index is 2.79. The van der Waals surface area contributed by atoms with E-state index >= 15 is 0 Å². The van der Waals surface area contributed by atoms with Crippen molar-refractivity contribution in [2.45, 2.75) is 18.6 Å². The Morgan fingerprint density at radius 1 is 1.33 bits per heavy atom. The quantitative estimate of drug-likeness (QED) is 0.873. The maximum atomic E-state index is 12.7. The predicted octanol–water partition coefficient (Wildman–Crippen LogP) is 2.19. The van der Waals surface area contributed by atoms with E-state index < -0.39 is 23.9 Å². The molecule has 0 saturated heterocycles. The van der Waals surface area contributed by atoms with Crippen molar-refractivity contribution in [2.24, 2.45) is 11.5 Å². The smallest absolute Gasteiger partial charge is 0.416 e. The molecule has 0 bridgehead atoms. The standard InChI is InChI=1S/C11H13F3N2O2/c12-11(13,14)8-4-2-1-3-7(8)9(15)5-6-18-10(16)17/h1-4,9H,5-6,15H2,(H2,16,17)/t9-/m0/s1. The first-order valence-corrected chi connectivity index (χ1v) is 5.16. The Kier molecular flexibility index (Phi) is 4.55. The number of carbonyl (C=O) groups is 1. The monoisotopic (exact) mass is 262 g/mol. The molecule has 0 saturated carbocycles. The maximum absolute atomic E-state index is 12.7. The van der Waals surface area contributed by atoms with Crippen LogP contribution >= 0.6 is 0 Å². The first-order chi connectivity index (χ1) is 8.32. The van der Waals surface area contributed by atoms with E-state index in [4.69, 9.17) is 11.5 Å². The van der Waals surface area contributed by atoms with Crippen LogP contribution in [0.3, 0.4) is 0 Å². The third-order valence-electron chi connectivity index (χ3n) is 2.34. The molecule has 4 nitrogen and oxygen atoms in total. The molecule has 1 aromatic rings. The fourth-order valence-electron chi connectivity index (χ4n) is 1.52. The largest absolute Gasteiger partial charge is 0.450 e. The van der Waals surface area contributed by atoms with Crippen LogP contribution in [0.15, 0.2) is 24.3 Å². The van der Waals surface area contributed by atoms with E-state index in [1.54, 1.807) is 0 Å². The van der Waals surface area contributed by atoms with Crippen LogP contribution in [0.2, 0.25) is 0 Å². The molecule has 100 valence electrons. The number of ether oxygens (including phenoxy) is 1. The minimum absolute atomic E-state index is 0.0296. The van der Waals surface area contributed by atoms with Crippen LogP contribution in [0, 0.1) is 0 Å². The summed E-state index contributed by atoms with van der Waals surface area (Å²) in [6.07, 6.45) is -5.37. The minimum atomic E-state index is -4.46. The Bertz CT molecular complexity index is 421. The molecular weight excluding hydrogens is 249 g/mol. The number of benzene rings is 1. The summed E-state index contributed by atoms with van der Waals surface area (Å²) in [5, 5.41) is 0. The number of rotatable bonds is 4. The molecule has 7 heteroatoms. The van der Waals surface area contributed by atoms with Gasteiger partial charge < -0.3 is 16.2 Å². The maximum Gasteiger partial charge on any atom is 0.416 e. The van der Waals surface area contributed by atoms with Crippen LogP contribution < -0.4 is 11.5 Å². The number of primary amides is 1. The fourth-order valence-corrected chi connectivity index (χ4v) is 1.52. The molecule has 0 unspecified atom stereocenters. The van der Waals surface area contributed by atoms with Crippen molar-refractivity contribution < 1.29 is 22.7 Å². The van der Waals surface area contributed by atoms with E-state index in [0.717, 1.165) is 6.07 Å². The van der Waals surface area contributed by atoms with Gasteiger partial charge in [-0.3, -0.25) is 0 Å². The van der Waals surface area contributed by atoms with Gasteiger partial charge in [-0.05, 0) is 11.6 Å². The number of nitrogens with two attached hydrogens (primary N) is 2. The molecule has 1 amide bonds. The van der Waals surface area contributed by atoms with Gasteiger partial charge in [0.15, 0.2) is 0 Å². The van der Waals surface area contributed by atoms with Crippen molar-refractivity contribution in [1.82, 2.24) is 0 Å². The Morgan fingerprint density at radius 3 is 2.50 bits per heavy atom. The zero-order valence-corrected chi connectivity index (χ0v) is 9.41. The van der Waals surface area contributed by atoms with Gasteiger partial charge in [-0.1, -0.05) is 18.2 Å². The van der Waals surface area contributed by atoms with Crippen molar-refractivity contribution in [3.63, 3.8) is 0 Å². The van der Waals surface area contributed by atoms with Crippen LogP contribution in [-0.2, 0) is 10.9 Å². The molecule has 4 N–H and O–H groups in total. The Labute approximate surface area is 102 Å². The second kappa shape index (κ2) is 5.72. The zero-order chi connectivity index (χ0) is 13.8. The third-order valence-corrected chi connectivity index (χ3v) is 2.34. The van der Waals surface area contributed by atoms with Gasteiger partial charge >= 0.3 is 12.3 Å². The number of halogens is 3. The van der Waals surface area contributed by atoms with Gasteiger partial charge in [0.05, 0.1) is 12.2 Å². The molecule has 0 fully saturated rings. The third kappa shape index (κ3) is 3.92. The van der Waals surface area contributed by atoms with Gasteiger partial charge in [-0.25, -0.2) is 4.79 Å². The molecule has 0 aromatic heterocycles. The summed E-state index contributed by atoms with van der Waals surface area (Å²) in [4.78, 5) is 10.3. The van der Waals surface area contributed by atoms with Crippen LogP contribution in [-0.4, -0.2) is 12.7 Å². The highest BCUT2D eigenvalue weighted by atomic mass is 19.4. The van der Waals surface area contributed by atoms with Crippen molar-refractivity contribution in [3.05, 3.63) is 35.4 Å². The molecule has 1 rings (SSSR count). The summed E-state index contributed by atoms with van der Waals surface area (Å²) in [5.41, 5.74) is 9.57. The summed E-state index contributed by atoms with van der Waals surface area (Å²) in [6, 6.07) is 4.16. The lowest BCUT2D eigenvalue weighted by Crippen LogP contribution is -2.21. The van der Waals surface area contributed by atoms with E-state index in [1.807, 2.05) is 0 Å². The predicted molar refractivity (Wildman–Crippen MR) is 58.5 cm³/mol. The van der Waals surface area contributed by atoms with E-state index in [1.165, 1.54) is 18.2 Å². The molecule has 1 atom stereocenters. The van der Waals surface area contributed by atoms with Gasteiger partial charge in [0.25, 0.3) is 0 Å². The first kappa shape index (κ1) is 14.3. The molecule has 0 spiro atoms. The van der Waals surface area contributed by atoms with Crippen LogP contribution in [0.5, 0.6) is 0 Å². The molecular formula is C11H13F3N2O2. The van der Waals surface area contributed by atoms with E-state index in [0.29, 0.717) is 0 Å². The molecule has 18 heavy (non-hydrogen) atoms. The number of alkyl halides is 3. The molecule has 0 aliphatic carbocycles. The first-order valence-electron chi connectivity index (χ1n) is 5.16. The lowest BCUT2D eigenvalue weighted by Gasteiger charge is -2.17. The average molecular weight is 262 g/mol. The Hall–Kier alpha value is -1.76. The second-order valence-electron chi connectivity index (χ2n) is 3.65. The highest BCUT2D eigenvalue weighted by Gasteiger charge is 2.34. The second-order valence-corrected chi connectivity index (χ2v) is 3.65. The van der Waals surface area contributed by atoms with E-state index in [-0.39, 0.29) is 18.6 Å². The lowest BCUT2D eigenvalue weighted by molar-refractivity contribution is -0.138. The summed E-state index contributed by atoms with van der Waals surface area (Å²) >= 11 is 0. The molecule has 0 heterocycles. The summed E-state index contributed by atoms with van der Waals surface area (Å²) in [6.45, 7) is -0.122. The lowest BCUT2D eigenvalue weighted by atomic mass is 9.98. The van der Waals surface area contributed by atoms with Crippen molar-refractivity contribution in [2.75, 3.05) is 6.61 Å². The average Bonchev–Trinajstić information content (AvgIpc) is 2.27. The van der Waals surface area contributed by atoms with Crippen LogP contribution in [0.1, 0.15) is 23.6 Å². The highest BCUT2D eigenvalue weighted by molar-refractivity contribution is 5.64. The number of carbonyl (C=O) groups excluding carboxylic acids is 1. The number of amides is 1. The van der Waals surface area contributed by atoms with E-state index in [2.05, 4.69) is 4.74 Å². The van der Waals surface area contributed by atoms with Gasteiger partial charge in [0, 0.05) is 12.5 Å². The van der Waals surface area contributed by atoms with Gasteiger partial charge in [-0.2, -0.15) is 13.2 Å². The van der Waals surface area contributed by atoms with Crippen LogP contribution in [0.25, 0.3) is 0 Å². The topological polar surface area (TPSA) is 78.3 Å². The molecule has 0 aliphatic heterocycles. The summed E-state index contributed by atoms with van der Waals surface area (Å²) < 4.78 is 42.5. The van der Waals surface area contributed by atoms with Crippen LogP contribution in [0.4, 0.5) is 18.0 Å². The van der Waals surface area contributed by atoms with Crippen molar-refractivity contribution in [1.29, 1.82) is 0 Å². The number of hydrogen-bond donors (Lipinski definition) is 2. The highest BCUT2D eigenvalue weighted by Crippen LogP contribution is 2.34. The molecule has 0 radical (unpaired) electrons. The van der Waals surface area contributed by atoms with Gasteiger partial charge in [-0.15, -0.1) is 0 Å². The summed E-state index contributed by atoms with van der Waals surface area (Å²) in [5.74, 6) is 0. The van der Waals surface area contributed by atoms with Gasteiger partial charge in [0.1, 0.15) is 0 Å². The molecule has 0 aliphatic rings. The number of hydrogen-bond acceptors (Lipinski definition) is 3. The minimum Gasteiger partial charge on any atom is -0.450 e. The van der Waals surface area contributed by atoms with Gasteiger partial charge in [0.2, 0.25) is 0 Å². The fraction of sp³-hybridized carbons (Fsp3) is 0.364. The normalized spacial score (nSPS) is 13.1.